The van der Waals surface area contributed by atoms with Gasteiger partial charge in [-0.3, -0.25) is 9.59 Å². The minimum Gasteiger partial charge on any atom is -0.481 e. The van der Waals surface area contributed by atoms with Crippen molar-refractivity contribution in [3.63, 3.8) is 0 Å². The largest absolute Gasteiger partial charge is 0.481 e. The third kappa shape index (κ3) is 15.8. The predicted octanol–water partition coefficient (Wildman–Crippen LogP) is 15.3. The molecule has 7 rings (SSSR count). The van der Waals surface area contributed by atoms with Gasteiger partial charge >= 0.3 is 11.9 Å². The van der Waals surface area contributed by atoms with Gasteiger partial charge in [-0.05, 0) is 51.4 Å². The normalized spacial score (nSPS) is 19.8. The average Bonchev–Trinajstić information content (AvgIpc) is 3.30. The van der Waals surface area contributed by atoms with Crippen LogP contribution in [-0.4, -0.2) is 45.1 Å². The maximum atomic E-state index is 13.4. The highest BCUT2D eigenvalue weighted by Crippen LogP contribution is 2.51. The number of aliphatic hydroxyl groups excluding tert-OH is 1. The summed E-state index contributed by atoms with van der Waals surface area (Å²) in [7, 11) is 1.00. The maximum Gasteiger partial charge on any atom is 0.314 e. The predicted molar refractivity (Wildman–Crippen MR) is 259 cm³/mol. The van der Waals surface area contributed by atoms with E-state index < -0.39 is 35.3 Å². The number of rotatable bonds is 7. The van der Waals surface area contributed by atoms with Gasteiger partial charge in [-0.1, -0.05) is 258 Å². The minimum atomic E-state index is -2.08. The van der Waals surface area contributed by atoms with Crippen LogP contribution in [0.3, 0.4) is 0 Å². The van der Waals surface area contributed by atoms with Crippen LogP contribution in [-0.2, 0) is 9.59 Å². The van der Waals surface area contributed by atoms with Crippen LogP contribution in [0.25, 0.3) is 21.5 Å². The number of carboxylic acids is 2. The Labute approximate surface area is 374 Å². The first-order valence-corrected chi connectivity index (χ1v) is 25.0. The molecule has 342 valence electrons. The second-order valence-corrected chi connectivity index (χ2v) is 18.4. The van der Waals surface area contributed by atoms with Gasteiger partial charge in [-0.2, -0.15) is 0 Å². The Morgan fingerprint density at radius 2 is 0.645 bits per heavy atom. The molecule has 3 aliphatic rings. The maximum absolute atomic E-state index is 13.4. The van der Waals surface area contributed by atoms with E-state index in [1.165, 1.54) is 135 Å². The Balaban J connectivity index is 0.000000312. The first-order valence-electron chi connectivity index (χ1n) is 25.0. The minimum absolute atomic E-state index is 0.455. The zero-order chi connectivity index (χ0) is 44.3. The molecule has 3 fully saturated rings. The summed E-state index contributed by atoms with van der Waals surface area (Å²) in [4.78, 5) is 26.8. The van der Waals surface area contributed by atoms with E-state index in [9.17, 15) is 24.9 Å². The van der Waals surface area contributed by atoms with Crippen molar-refractivity contribution in [1.82, 2.24) is 0 Å². The summed E-state index contributed by atoms with van der Waals surface area (Å²) < 4.78 is 0. The number of carbonyl (C=O) groups is 2. The fourth-order valence-corrected chi connectivity index (χ4v) is 10.6. The van der Waals surface area contributed by atoms with Gasteiger partial charge in [0.15, 0.2) is 0 Å². The van der Waals surface area contributed by atoms with Crippen LogP contribution in [0.1, 0.15) is 209 Å². The summed E-state index contributed by atoms with van der Waals surface area (Å²) in [6, 6.07) is 26.0. The molecule has 4 N–H and O–H groups in total. The zero-order valence-corrected chi connectivity index (χ0v) is 38.4. The van der Waals surface area contributed by atoms with Crippen molar-refractivity contribution in [3.05, 3.63) is 96.1 Å². The van der Waals surface area contributed by atoms with Gasteiger partial charge in [0.25, 0.3) is 0 Å². The highest BCUT2D eigenvalue weighted by molar-refractivity contribution is 5.95. The molecule has 4 aromatic rings. The summed E-state index contributed by atoms with van der Waals surface area (Å²) in [6.45, 7) is 0. The summed E-state index contributed by atoms with van der Waals surface area (Å²) >= 11 is 0. The quantitative estimate of drug-likeness (QED) is 0.147. The number of hydrogen-bond acceptors (Lipinski definition) is 4. The van der Waals surface area contributed by atoms with E-state index in [0.29, 0.717) is 24.0 Å². The molecule has 0 aromatic heterocycles. The van der Waals surface area contributed by atoms with E-state index in [4.69, 9.17) is 5.11 Å². The lowest BCUT2D eigenvalue weighted by atomic mass is 9.61. The number of aliphatic carboxylic acids is 2. The van der Waals surface area contributed by atoms with Crippen LogP contribution in [0, 0.1) is 5.92 Å². The molecule has 6 heteroatoms. The Morgan fingerprint density at radius 3 is 0.919 bits per heavy atom. The Hall–Kier alpha value is -3.74. The number of aliphatic hydroxyl groups is 2. The van der Waals surface area contributed by atoms with E-state index in [-0.39, 0.29) is 0 Å². The van der Waals surface area contributed by atoms with E-state index >= 15 is 0 Å². The number of fused-ring (bicyclic) bond motifs is 2. The molecule has 0 spiro atoms. The summed E-state index contributed by atoms with van der Waals surface area (Å²) in [5.41, 5.74) is -1.17. The first-order chi connectivity index (χ1) is 30.4. The van der Waals surface area contributed by atoms with Gasteiger partial charge in [0.05, 0.1) is 0 Å². The fourth-order valence-electron chi connectivity index (χ4n) is 10.6. The van der Waals surface area contributed by atoms with Crippen molar-refractivity contribution in [1.29, 1.82) is 0 Å². The lowest BCUT2D eigenvalue weighted by Crippen LogP contribution is -2.54. The standard InChI is InChI=1S/C35H38O5.2C10H20.CH4O/c36-33(37)31(29-22-12-16-24-14-8-10-20-27(24)29)35(40,26-18-6-4-2-1-3-5-7-19-26)32(34(38)39)30-23-13-17-25-15-9-11-21-28(25)30;2*1-2-4-6-8-10-9-7-5-3-1;1-2/h8-17,20-23,26,31-32,40H,1-7,18-19H2,(H,36,37)(H,38,39);2*1-10H2;2H,1H3. The molecule has 0 bridgehead atoms. The molecule has 2 unspecified atom stereocenters. The van der Waals surface area contributed by atoms with Gasteiger partial charge < -0.3 is 20.4 Å². The summed E-state index contributed by atoms with van der Waals surface area (Å²) in [5, 5.41) is 45.1. The highest BCUT2D eigenvalue weighted by atomic mass is 16.4. The van der Waals surface area contributed by atoms with Crippen molar-refractivity contribution in [2.75, 3.05) is 7.11 Å². The van der Waals surface area contributed by atoms with Crippen molar-refractivity contribution in [2.45, 2.75) is 204 Å². The molecule has 4 aromatic carbocycles. The van der Waals surface area contributed by atoms with E-state index in [1.807, 2.05) is 60.7 Å². The topological polar surface area (TPSA) is 115 Å². The van der Waals surface area contributed by atoms with Crippen LogP contribution >= 0.6 is 0 Å². The molecule has 6 nitrogen and oxygen atoms in total. The summed E-state index contributed by atoms with van der Waals surface area (Å²) in [6.07, 6.45) is 38.2. The number of hydrogen-bond donors (Lipinski definition) is 4. The van der Waals surface area contributed by atoms with Crippen molar-refractivity contribution in [2.24, 2.45) is 5.92 Å². The van der Waals surface area contributed by atoms with Crippen LogP contribution in [0.4, 0.5) is 0 Å². The van der Waals surface area contributed by atoms with Gasteiger partial charge in [0.2, 0.25) is 0 Å². The monoisotopic (exact) mass is 851 g/mol. The van der Waals surface area contributed by atoms with Crippen LogP contribution in [0.2, 0.25) is 0 Å². The molecular formula is C56H82O6. The third-order valence-electron chi connectivity index (χ3n) is 13.9. The molecule has 62 heavy (non-hydrogen) atoms. The molecular weight excluding hydrogens is 769 g/mol. The smallest absolute Gasteiger partial charge is 0.314 e. The van der Waals surface area contributed by atoms with Crippen LogP contribution in [0.5, 0.6) is 0 Å². The molecule has 0 aliphatic heterocycles. The molecule has 3 aliphatic carbocycles. The molecule has 0 radical (unpaired) electrons. The van der Waals surface area contributed by atoms with Gasteiger partial charge in [-0.25, -0.2) is 0 Å². The second kappa shape index (κ2) is 29.6. The highest BCUT2D eigenvalue weighted by Gasteiger charge is 2.56. The first kappa shape index (κ1) is 50.9. The van der Waals surface area contributed by atoms with Crippen LogP contribution in [0.15, 0.2) is 84.9 Å². The summed E-state index contributed by atoms with van der Waals surface area (Å²) in [5.74, 6) is -5.80. The van der Waals surface area contributed by atoms with Crippen molar-refractivity contribution in [3.8, 4) is 0 Å². The Morgan fingerprint density at radius 1 is 0.403 bits per heavy atom. The van der Waals surface area contributed by atoms with Gasteiger partial charge in [0, 0.05) is 7.11 Å². The zero-order valence-electron chi connectivity index (χ0n) is 38.4. The van der Waals surface area contributed by atoms with Gasteiger partial charge in [0.1, 0.15) is 17.4 Å². The average molecular weight is 851 g/mol. The lowest BCUT2D eigenvalue weighted by molar-refractivity contribution is -0.162. The third-order valence-corrected chi connectivity index (χ3v) is 13.9. The Kier molecular flexibility index (Phi) is 24.3. The SMILES string of the molecule is C1CCCCCCCCC1.C1CCCCCCCCC1.CO.O=C(O)C(c1cccc2ccccc12)C(O)(C1CCCCCCCCC1)C(C(=O)O)c1cccc2ccccc12. The van der Waals surface area contributed by atoms with E-state index in [1.54, 1.807) is 24.3 Å². The number of carboxylic acid groups (broad SMARTS) is 2. The van der Waals surface area contributed by atoms with Crippen molar-refractivity contribution < 1.29 is 30.0 Å². The van der Waals surface area contributed by atoms with E-state index in [0.717, 1.165) is 67.2 Å². The molecule has 0 amide bonds. The molecule has 2 atom stereocenters. The van der Waals surface area contributed by atoms with Crippen LogP contribution < -0.4 is 0 Å². The van der Waals surface area contributed by atoms with E-state index in [2.05, 4.69) is 0 Å². The number of benzene rings is 4. The molecule has 3 saturated carbocycles. The van der Waals surface area contributed by atoms with Crippen molar-refractivity contribution >= 4 is 33.5 Å². The molecule has 0 saturated heterocycles. The lowest BCUT2D eigenvalue weighted by Gasteiger charge is -2.45. The second-order valence-electron chi connectivity index (χ2n) is 18.4. The molecule has 0 heterocycles. The van der Waals surface area contributed by atoms with Gasteiger partial charge in [-0.15, -0.1) is 0 Å². The fraction of sp³-hybridized carbons (Fsp3) is 0.607. The Bertz CT molecular complexity index is 1630.